The number of amides is 1. The Hall–Kier alpha value is -3.78. The van der Waals surface area contributed by atoms with Gasteiger partial charge in [0.2, 0.25) is 0 Å². The number of nitrogens with zero attached hydrogens (tertiary/aromatic N) is 2. The van der Waals surface area contributed by atoms with E-state index in [0.717, 1.165) is 39.8 Å². The minimum Gasteiger partial charge on any atom is -0.490 e. The third-order valence-corrected chi connectivity index (χ3v) is 8.20. The molecule has 3 aromatic rings. The van der Waals surface area contributed by atoms with E-state index in [4.69, 9.17) is 9.47 Å². The Morgan fingerprint density at radius 2 is 1.76 bits per heavy atom. The summed E-state index contributed by atoms with van der Waals surface area (Å²) in [6.07, 6.45) is 1.82. The van der Waals surface area contributed by atoms with Crippen LogP contribution in [-0.4, -0.2) is 39.1 Å². The lowest BCUT2D eigenvalue weighted by Gasteiger charge is -2.31. The first-order valence-corrected chi connectivity index (χ1v) is 14.0. The number of carboxylic acids is 1. The van der Waals surface area contributed by atoms with E-state index < -0.39 is 23.5 Å². The minimum atomic E-state index is -1.30. The predicted octanol–water partition coefficient (Wildman–Crippen LogP) is 6.54. The Bertz CT molecular complexity index is 1570. The Morgan fingerprint density at radius 3 is 2.39 bits per heavy atom. The van der Waals surface area contributed by atoms with Crippen molar-refractivity contribution in [3.63, 3.8) is 0 Å². The van der Waals surface area contributed by atoms with Crippen molar-refractivity contribution in [3.05, 3.63) is 80.4 Å². The smallest absolute Gasteiger partial charge is 0.337 e. The van der Waals surface area contributed by atoms with Gasteiger partial charge in [0, 0.05) is 36.1 Å². The highest BCUT2D eigenvalue weighted by atomic mass is 19.1. The van der Waals surface area contributed by atoms with Gasteiger partial charge in [-0.2, -0.15) is 0 Å². The van der Waals surface area contributed by atoms with E-state index >= 15 is 4.39 Å². The maximum atomic E-state index is 15.5. The third-order valence-electron chi connectivity index (χ3n) is 8.20. The number of carbonyl (C=O) groups excluding carboxylic acids is 1. The quantitative estimate of drug-likeness (QED) is 0.381. The number of fused-ring (bicyclic) bond motifs is 2. The number of halogens is 1. The number of rotatable bonds is 5. The molecule has 0 saturated carbocycles. The van der Waals surface area contributed by atoms with Gasteiger partial charge in [-0.15, -0.1) is 0 Å². The van der Waals surface area contributed by atoms with Crippen LogP contribution < -0.4 is 4.74 Å². The van der Waals surface area contributed by atoms with Crippen molar-refractivity contribution in [2.75, 3.05) is 6.61 Å². The van der Waals surface area contributed by atoms with E-state index in [-0.39, 0.29) is 11.7 Å². The Kier molecular flexibility index (Phi) is 7.40. The molecule has 7 nitrogen and oxygen atoms in total. The van der Waals surface area contributed by atoms with E-state index in [1.807, 2.05) is 48.5 Å². The fourth-order valence-corrected chi connectivity index (χ4v) is 6.22. The lowest BCUT2D eigenvalue weighted by Crippen LogP contribution is -2.29. The average Bonchev–Trinajstić information content (AvgIpc) is 3.37. The summed E-state index contributed by atoms with van der Waals surface area (Å²) in [7, 11) is 0. The molecule has 3 heterocycles. The molecule has 5 rings (SSSR count). The number of carbonyl (C=O) groups is 2. The minimum absolute atomic E-state index is 0.136. The number of ether oxygens (including phenoxy) is 2. The first kappa shape index (κ1) is 28.7. The summed E-state index contributed by atoms with van der Waals surface area (Å²) < 4.78 is 27.4. The number of aliphatic carboxylic acids is 1. The molecule has 0 fully saturated rings. The SMILES string of the molecule is Cc1ncccc1C(=O)N1Cc2c(C)c(-c3cc(F)c4c(c3C)CCCO4)c([C@H](OC(C)(C)C)C(=O)O)c(C)c2C1. The van der Waals surface area contributed by atoms with Crippen molar-refractivity contribution < 1.29 is 28.6 Å². The number of benzene rings is 2. The molecule has 1 aromatic heterocycles. The molecule has 0 unspecified atom stereocenters. The molecule has 2 aromatic carbocycles. The van der Waals surface area contributed by atoms with Crippen molar-refractivity contribution in [1.29, 1.82) is 0 Å². The Labute approximate surface area is 240 Å². The van der Waals surface area contributed by atoms with Crippen molar-refractivity contribution in [2.45, 2.75) is 86.1 Å². The molecule has 8 heteroatoms. The molecule has 1 atom stereocenters. The lowest BCUT2D eigenvalue weighted by molar-refractivity contribution is -0.160. The molecular formula is C33H37FN2O5. The van der Waals surface area contributed by atoms with Crippen LogP contribution in [0.15, 0.2) is 24.4 Å². The topological polar surface area (TPSA) is 89.0 Å². The van der Waals surface area contributed by atoms with Crippen molar-refractivity contribution >= 4 is 11.9 Å². The molecular weight excluding hydrogens is 523 g/mol. The second-order valence-corrected chi connectivity index (χ2v) is 12.0. The van der Waals surface area contributed by atoms with Gasteiger partial charge in [0.25, 0.3) is 5.91 Å². The van der Waals surface area contributed by atoms with Crippen LogP contribution in [0, 0.1) is 33.5 Å². The first-order valence-electron chi connectivity index (χ1n) is 14.0. The van der Waals surface area contributed by atoms with Crippen LogP contribution in [0.2, 0.25) is 0 Å². The van der Waals surface area contributed by atoms with Crippen LogP contribution >= 0.6 is 0 Å². The van der Waals surface area contributed by atoms with Gasteiger partial charge in [-0.05, 0) is 118 Å². The van der Waals surface area contributed by atoms with Crippen LogP contribution in [0.25, 0.3) is 11.1 Å². The first-order chi connectivity index (χ1) is 19.3. The highest BCUT2D eigenvalue weighted by Gasteiger charge is 2.37. The number of hydrogen-bond donors (Lipinski definition) is 1. The van der Waals surface area contributed by atoms with E-state index in [1.54, 1.807) is 23.2 Å². The number of aromatic nitrogens is 1. The second-order valence-electron chi connectivity index (χ2n) is 12.0. The van der Waals surface area contributed by atoms with Gasteiger partial charge in [-0.1, -0.05) is 0 Å². The summed E-state index contributed by atoms with van der Waals surface area (Å²) in [5, 5.41) is 10.5. The molecule has 2 aliphatic rings. The standard InChI is InChI=1S/C33H37FN2O5/c1-17-21-11-9-13-40-29(21)26(34)14-23(17)27-18(2)24-15-36(31(37)22-10-8-12-35-20(22)4)16-25(24)19(3)28(27)30(32(38)39)41-33(5,6)7/h8,10,12,14,30H,9,11,13,15-16H2,1-7H3,(H,38,39)/t30-/m0/s1. The van der Waals surface area contributed by atoms with Crippen LogP contribution in [0.4, 0.5) is 4.39 Å². The number of pyridine rings is 1. The number of carboxylic acid groups (broad SMARTS) is 1. The fraction of sp³-hybridized carbons (Fsp3) is 0.424. The van der Waals surface area contributed by atoms with E-state index in [1.165, 1.54) is 6.07 Å². The van der Waals surface area contributed by atoms with Crippen LogP contribution in [-0.2, 0) is 29.0 Å². The van der Waals surface area contributed by atoms with Gasteiger partial charge in [0.1, 0.15) is 0 Å². The van der Waals surface area contributed by atoms with Crippen molar-refractivity contribution in [3.8, 4) is 16.9 Å². The van der Waals surface area contributed by atoms with Crippen molar-refractivity contribution in [1.82, 2.24) is 9.88 Å². The van der Waals surface area contributed by atoms with Gasteiger partial charge >= 0.3 is 5.97 Å². The molecule has 0 spiro atoms. The molecule has 1 N–H and O–H groups in total. The summed E-state index contributed by atoms with van der Waals surface area (Å²) in [5.41, 5.74) is 7.27. The summed E-state index contributed by atoms with van der Waals surface area (Å²) >= 11 is 0. The molecule has 2 aliphatic heterocycles. The summed E-state index contributed by atoms with van der Waals surface area (Å²) in [6.45, 7) is 14.2. The Morgan fingerprint density at radius 1 is 1.07 bits per heavy atom. The molecule has 0 radical (unpaired) electrons. The Balaban J connectivity index is 1.75. The molecule has 1 amide bonds. The zero-order chi connectivity index (χ0) is 29.8. The van der Waals surface area contributed by atoms with E-state index in [0.29, 0.717) is 54.1 Å². The average molecular weight is 561 g/mol. The molecule has 216 valence electrons. The third kappa shape index (κ3) is 5.10. The van der Waals surface area contributed by atoms with Gasteiger partial charge in [-0.25, -0.2) is 9.18 Å². The highest BCUT2D eigenvalue weighted by molar-refractivity contribution is 5.96. The highest BCUT2D eigenvalue weighted by Crippen LogP contribution is 2.47. The zero-order valence-corrected chi connectivity index (χ0v) is 24.8. The predicted molar refractivity (Wildman–Crippen MR) is 154 cm³/mol. The van der Waals surface area contributed by atoms with E-state index in [9.17, 15) is 14.7 Å². The summed E-state index contributed by atoms with van der Waals surface area (Å²) in [5.74, 6) is -1.45. The summed E-state index contributed by atoms with van der Waals surface area (Å²) in [4.78, 5) is 32.4. The van der Waals surface area contributed by atoms with E-state index in [2.05, 4.69) is 4.98 Å². The molecule has 41 heavy (non-hydrogen) atoms. The molecule has 0 aliphatic carbocycles. The molecule has 0 saturated heterocycles. The van der Waals surface area contributed by atoms with Crippen LogP contribution in [0.3, 0.4) is 0 Å². The molecule has 0 bridgehead atoms. The maximum absolute atomic E-state index is 15.5. The second kappa shape index (κ2) is 10.6. The number of hydrogen-bond acceptors (Lipinski definition) is 5. The van der Waals surface area contributed by atoms with Gasteiger partial charge in [-0.3, -0.25) is 9.78 Å². The monoisotopic (exact) mass is 560 g/mol. The van der Waals surface area contributed by atoms with Crippen LogP contribution in [0.5, 0.6) is 5.75 Å². The fourth-order valence-electron chi connectivity index (χ4n) is 6.22. The number of aryl methyl sites for hydroxylation is 1. The van der Waals surface area contributed by atoms with Crippen LogP contribution in [0.1, 0.15) is 88.3 Å². The summed E-state index contributed by atoms with van der Waals surface area (Å²) in [6, 6.07) is 4.97. The normalized spacial score (nSPS) is 15.3. The lowest BCUT2D eigenvalue weighted by atomic mass is 9.81. The van der Waals surface area contributed by atoms with Crippen molar-refractivity contribution in [2.24, 2.45) is 0 Å². The van der Waals surface area contributed by atoms with Gasteiger partial charge in [0.15, 0.2) is 17.7 Å². The zero-order valence-electron chi connectivity index (χ0n) is 24.8. The van der Waals surface area contributed by atoms with Gasteiger partial charge in [0.05, 0.1) is 17.8 Å². The largest absolute Gasteiger partial charge is 0.490 e. The van der Waals surface area contributed by atoms with Gasteiger partial charge < -0.3 is 19.5 Å². The maximum Gasteiger partial charge on any atom is 0.337 e.